The molecule has 0 aliphatic carbocycles. The molecule has 8 heteroatoms. The molecule has 1 aromatic rings. The lowest BCUT2D eigenvalue weighted by atomic mass is 10.2. The van der Waals surface area contributed by atoms with Gasteiger partial charge in [-0.3, -0.25) is 10.1 Å². The molecule has 19 heavy (non-hydrogen) atoms. The van der Waals surface area contributed by atoms with Gasteiger partial charge in [0, 0.05) is 12.5 Å². The minimum Gasteiger partial charge on any atom is -0.444 e. The molecule has 0 aliphatic heterocycles. The summed E-state index contributed by atoms with van der Waals surface area (Å²) in [5, 5.41) is 6.80. The van der Waals surface area contributed by atoms with Crippen LogP contribution >= 0.6 is 11.3 Å². The number of thiazole rings is 1. The van der Waals surface area contributed by atoms with Crippen LogP contribution in [0, 0.1) is 0 Å². The van der Waals surface area contributed by atoms with Crippen LogP contribution in [0.1, 0.15) is 31.3 Å². The Morgan fingerprint density at radius 2 is 2.11 bits per heavy atom. The summed E-state index contributed by atoms with van der Waals surface area (Å²) in [5.74, 6) is -0.365. The standard InChI is InChI=1S/C11H17N3O4S/c1-11(2,3)18-10(16)14-9-13-7(5-19-9)8(15)12-6-17-4/h5H,6H2,1-4H3,(H,12,15)(H,13,14,16). The molecule has 0 saturated carbocycles. The fourth-order valence-electron chi connectivity index (χ4n) is 1.05. The van der Waals surface area contributed by atoms with Crippen molar-refractivity contribution in [3.05, 3.63) is 11.1 Å². The van der Waals surface area contributed by atoms with Crippen LogP contribution < -0.4 is 10.6 Å². The second kappa shape index (κ2) is 6.48. The van der Waals surface area contributed by atoms with Crippen molar-refractivity contribution in [2.75, 3.05) is 19.2 Å². The third-order valence-electron chi connectivity index (χ3n) is 1.72. The first-order valence-corrected chi connectivity index (χ1v) is 6.42. The summed E-state index contributed by atoms with van der Waals surface area (Å²) in [4.78, 5) is 27.0. The topological polar surface area (TPSA) is 89.6 Å². The van der Waals surface area contributed by atoms with Crippen molar-refractivity contribution in [3.63, 3.8) is 0 Å². The van der Waals surface area contributed by atoms with Crippen LogP contribution in [-0.4, -0.2) is 36.4 Å². The number of anilines is 1. The van der Waals surface area contributed by atoms with E-state index >= 15 is 0 Å². The normalized spacial score (nSPS) is 10.9. The van der Waals surface area contributed by atoms with E-state index in [4.69, 9.17) is 9.47 Å². The summed E-state index contributed by atoms with van der Waals surface area (Å²) in [6.07, 6.45) is -0.606. The molecule has 1 rings (SSSR count). The number of methoxy groups -OCH3 is 1. The molecule has 0 spiro atoms. The van der Waals surface area contributed by atoms with Crippen LogP contribution in [0.2, 0.25) is 0 Å². The van der Waals surface area contributed by atoms with E-state index in [-0.39, 0.29) is 18.3 Å². The lowest BCUT2D eigenvalue weighted by Crippen LogP contribution is -2.27. The summed E-state index contributed by atoms with van der Waals surface area (Å²) in [6, 6.07) is 0. The van der Waals surface area contributed by atoms with Crippen LogP contribution in [-0.2, 0) is 9.47 Å². The number of nitrogens with one attached hydrogen (secondary N) is 2. The van der Waals surface area contributed by atoms with Crippen LogP contribution in [0.3, 0.4) is 0 Å². The average molecular weight is 287 g/mol. The molecule has 2 N–H and O–H groups in total. The van der Waals surface area contributed by atoms with E-state index < -0.39 is 11.7 Å². The molecule has 0 fully saturated rings. The predicted octanol–water partition coefficient (Wildman–Crippen LogP) is 1.82. The Labute approximate surface area is 115 Å². The monoisotopic (exact) mass is 287 g/mol. The maximum absolute atomic E-state index is 11.5. The highest BCUT2D eigenvalue weighted by molar-refractivity contribution is 7.14. The average Bonchev–Trinajstić information content (AvgIpc) is 2.71. The molecule has 1 heterocycles. The molecule has 1 aromatic heterocycles. The van der Waals surface area contributed by atoms with Gasteiger partial charge < -0.3 is 14.8 Å². The smallest absolute Gasteiger partial charge is 0.413 e. The van der Waals surface area contributed by atoms with Gasteiger partial charge in [-0.25, -0.2) is 9.78 Å². The highest BCUT2D eigenvalue weighted by Gasteiger charge is 2.18. The van der Waals surface area contributed by atoms with Gasteiger partial charge in [-0.1, -0.05) is 0 Å². The number of nitrogens with zero attached hydrogens (tertiary/aromatic N) is 1. The van der Waals surface area contributed by atoms with E-state index in [9.17, 15) is 9.59 Å². The lowest BCUT2D eigenvalue weighted by molar-refractivity contribution is 0.0635. The van der Waals surface area contributed by atoms with Crippen molar-refractivity contribution in [2.45, 2.75) is 26.4 Å². The third-order valence-corrected chi connectivity index (χ3v) is 2.48. The number of carbonyl (C=O) groups excluding carboxylic acids is 2. The van der Waals surface area contributed by atoms with Gasteiger partial charge in [-0.2, -0.15) is 0 Å². The van der Waals surface area contributed by atoms with E-state index in [1.54, 1.807) is 20.8 Å². The maximum Gasteiger partial charge on any atom is 0.413 e. The van der Waals surface area contributed by atoms with Crippen molar-refractivity contribution < 1.29 is 19.1 Å². The maximum atomic E-state index is 11.5. The summed E-state index contributed by atoms with van der Waals surface area (Å²) in [6.45, 7) is 5.39. The quantitative estimate of drug-likeness (QED) is 0.824. The molecule has 2 amide bonds. The fraction of sp³-hybridized carbons (Fsp3) is 0.545. The number of ether oxygens (including phenoxy) is 2. The summed E-state index contributed by atoms with van der Waals surface area (Å²) >= 11 is 1.14. The summed E-state index contributed by atoms with van der Waals surface area (Å²) in [7, 11) is 1.47. The summed E-state index contributed by atoms with van der Waals surface area (Å²) < 4.78 is 9.79. The van der Waals surface area contributed by atoms with Crippen molar-refractivity contribution in [1.29, 1.82) is 0 Å². The van der Waals surface area contributed by atoms with E-state index in [0.717, 1.165) is 11.3 Å². The number of aromatic nitrogens is 1. The van der Waals surface area contributed by atoms with Gasteiger partial charge in [0.1, 0.15) is 18.0 Å². The third kappa shape index (κ3) is 5.66. The number of rotatable bonds is 4. The molecule has 0 saturated heterocycles. The molecule has 0 bridgehead atoms. The molecule has 106 valence electrons. The predicted molar refractivity (Wildman–Crippen MR) is 71.3 cm³/mol. The molecule has 0 unspecified atom stereocenters. The first-order chi connectivity index (χ1) is 8.81. The zero-order valence-corrected chi connectivity index (χ0v) is 12.1. The minimum absolute atomic E-state index is 0.102. The molecule has 0 radical (unpaired) electrons. The van der Waals surface area contributed by atoms with E-state index in [1.165, 1.54) is 12.5 Å². The SMILES string of the molecule is COCNC(=O)c1csc(NC(=O)OC(C)(C)C)n1. The van der Waals surface area contributed by atoms with Crippen LogP contribution in [0.25, 0.3) is 0 Å². The van der Waals surface area contributed by atoms with Crippen molar-refractivity contribution in [1.82, 2.24) is 10.3 Å². The first-order valence-electron chi connectivity index (χ1n) is 5.54. The Morgan fingerprint density at radius 3 is 2.68 bits per heavy atom. The van der Waals surface area contributed by atoms with Crippen molar-refractivity contribution in [2.24, 2.45) is 0 Å². The van der Waals surface area contributed by atoms with Crippen LogP contribution in [0.4, 0.5) is 9.93 Å². The molecule has 7 nitrogen and oxygen atoms in total. The zero-order chi connectivity index (χ0) is 14.5. The van der Waals surface area contributed by atoms with Gasteiger partial charge in [0.2, 0.25) is 0 Å². The lowest BCUT2D eigenvalue weighted by Gasteiger charge is -2.18. The van der Waals surface area contributed by atoms with E-state index in [1.807, 2.05) is 0 Å². The molecule has 0 aromatic carbocycles. The highest BCUT2D eigenvalue weighted by atomic mass is 32.1. The zero-order valence-electron chi connectivity index (χ0n) is 11.3. The van der Waals surface area contributed by atoms with Gasteiger partial charge in [-0.05, 0) is 20.8 Å². The van der Waals surface area contributed by atoms with Gasteiger partial charge in [-0.15, -0.1) is 11.3 Å². The Morgan fingerprint density at radius 1 is 1.42 bits per heavy atom. The second-order valence-electron chi connectivity index (χ2n) is 4.60. The minimum atomic E-state index is -0.606. The number of amides is 2. The molecular formula is C11H17N3O4S. The number of carbonyl (C=O) groups is 2. The van der Waals surface area contributed by atoms with Gasteiger partial charge >= 0.3 is 6.09 Å². The highest BCUT2D eigenvalue weighted by Crippen LogP contribution is 2.17. The number of hydrogen-bond acceptors (Lipinski definition) is 6. The van der Waals surface area contributed by atoms with E-state index in [2.05, 4.69) is 15.6 Å². The Kier molecular flexibility index (Phi) is 5.25. The largest absolute Gasteiger partial charge is 0.444 e. The van der Waals surface area contributed by atoms with Gasteiger partial charge in [0.15, 0.2) is 5.13 Å². The van der Waals surface area contributed by atoms with Gasteiger partial charge in [0.25, 0.3) is 5.91 Å². The first kappa shape index (κ1) is 15.4. The number of hydrogen-bond donors (Lipinski definition) is 2. The summed E-state index contributed by atoms with van der Waals surface area (Å²) in [5.41, 5.74) is -0.367. The van der Waals surface area contributed by atoms with Crippen LogP contribution in [0.5, 0.6) is 0 Å². The Balaban J connectivity index is 2.55. The van der Waals surface area contributed by atoms with Crippen LogP contribution in [0.15, 0.2) is 5.38 Å². The van der Waals surface area contributed by atoms with E-state index in [0.29, 0.717) is 5.13 Å². The Bertz CT molecular complexity index is 453. The molecular weight excluding hydrogens is 270 g/mol. The van der Waals surface area contributed by atoms with Gasteiger partial charge in [0.05, 0.1) is 0 Å². The van der Waals surface area contributed by atoms with Crippen molar-refractivity contribution in [3.8, 4) is 0 Å². The molecule has 0 atom stereocenters. The Hall–Kier alpha value is -1.67. The molecule has 0 aliphatic rings. The van der Waals surface area contributed by atoms with Crippen molar-refractivity contribution >= 4 is 28.5 Å². The fourth-order valence-corrected chi connectivity index (χ4v) is 1.73. The second-order valence-corrected chi connectivity index (χ2v) is 5.46.